The van der Waals surface area contributed by atoms with Gasteiger partial charge in [-0.1, -0.05) is 19.3 Å². The van der Waals surface area contributed by atoms with Gasteiger partial charge in [0, 0.05) is 12.2 Å². The molecule has 1 saturated carbocycles. The lowest BCUT2D eigenvalue weighted by molar-refractivity contribution is 0.373. The molecular weight excluding hydrogens is 184 g/mol. The first-order valence-corrected chi connectivity index (χ1v) is 6.01. The van der Waals surface area contributed by atoms with Crippen LogP contribution >= 0.6 is 0 Å². The quantitative estimate of drug-likeness (QED) is 0.816. The summed E-state index contributed by atoms with van der Waals surface area (Å²) in [6.07, 6.45) is 8.98. The van der Waals surface area contributed by atoms with Crippen LogP contribution in [-0.4, -0.2) is 11.5 Å². The molecule has 1 aromatic heterocycles. The summed E-state index contributed by atoms with van der Waals surface area (Å²) in [4.78, 5) is 4.28. The summed E-state index contributed by atoms with van der Waals surface area (Å²) < 4.78 is 0. The lowest BCUT2D eigenvalue weighted by Gasteiger charge is -2.22. The van der Waals surface area contributed by atoms with Crippen molar-refractivity contribution in [1.29, 1.82) is 0 Å². The van der Waals surface area contributed by atoms with E-state index in [-0.39, 0.29) is 0 Å². The van der Waals surface area contributed by atoms with Crippen LogP contribution in [0, 0.1) is 12.8 Å². The molecule has 0 atom stereocenters. The van der Waals surface area contributed by atoms with Gasteiger partial charge in [0.15, 0.2) is 0 Å². The number of hydrogen-bond acceptors (Lipinski definition) is 2. The van der Waals surface area contributed by atoms with Crippen LogP contribution < -0.4 is 5.32 Å². The van der Waals surface area contributed by atoms with Crippen LogP contribution in [0.1, 0.15) is 37.8 Å². The highest BCUT2D eigenvalue weighted by Gasteiger charge is 2.12. The van der Waals surface area contributed by atoms with E-state index < -0.39 is 0 Å². The van der Waals surface area contributed by atoms with Crippen LogP contribution in [0.4, 0.5) is 5.69 Å². The Hall–Kier alpha value is -1.05. The standard InChI is InChI=1S/C13H20N2/c1-11-7-8-13(10-14-11)15-9-12-5-3-2-4-6-12/h7-8,10,12,15H,2-6,9H2,1H3. The second-order valence-corrected chi connectivity index (χ2v) is 4.57. The van der Waals surface area contributed by atoms with Crippen molar-refractivity contribution in [3.05, 3.63) is 24.0 Å². The second kappa shape index (κ2) is 5.15. The molecule has 1 N–H and O–H groups in total. The molecular formula is C13H20N2. The Labute approximate surface area is 92.1 Å². The summed E-state index contributed by atoms with van der Waals surface area (Å²) in [5, 5.41) is 3.48. The molecule has 1 aliphatic carbocycles. The Morgan fingerprint density at radius 3 is 2.73 bits per heavy atom. The predicted molar refractivity (Wildman–Crippen MR) is 64.0 cm³/mol. The van der Waals surface area contributed by atoms with Crippen molar-refractivity contribution in [3.8, 4) is 0 Å². The summed E-state index contributed by atoms with van der Waals surface area (Å²) >= 11 is 0. The zero-order valence-electron chi connectivity index (χ0n) is 9.50. The Morgan fingerprint density at radius 1 is 1.27 bits per heavy atom. The number of nitrogens with one attached hydrogen (secondary N) is 1. The molecule has 82 valence electrons. The summed E-state index contributed by atoms with van der Waals surface area (Å²) in [5.74, 6) is 0.875. The van der Waals surface area contributed by atoms with Gasteiger partial charge in [0.25, 0.3) is 0 Å². The van der Waals surface area contributed by atoms with Crippen molar-refractivity contribution in [3.63, 3.8) is 0 Å². The van der Waals surface area contributed by atoms with Crippen molar-refractivity contribution in [1.82, 2.24) is 4.98 Å². The zero-order valence-corrected chi connectivity index (χ0v) is 9.50. The van der Waals surface area contributed by atoms with Gasteiger partial charge in [-0.2, -0.15) is 0 Å². The lowest BCUT2D eigenvalue weighted by Crippen LogP contribution is -2.17. The van der Waals surface area contributed by atoms with Crippen molar-refractivity contribution in [2.45, 2.75) is 39.0 Å². The molecule has 0 amide bonds. The van der Waals surface area contributed by atoms with E-state index in [9.17, 15) is 0 Å². The summed E-state index contributed by atoms with van der Waals surface area (Å²) in [5.41, 5.74) is 2.24. The number of anilines is 1. The first kappa shape index (κ1) is 10.5. The molecule has 15 heavy (non-hydrogen) atoms. The molecule has 0 saturated heterocycles. The minimum atomic E-state index is 0.875. The van der Waals surface area contributed by atoms with Gasteiger partial charge in [0.2, 0.25) is 0 Å². The maximum Gasteiger partial charge on any atom is 0.0527 e. The Bertz CT molecular complexity index is 286. The SMILES string of the molecule is Cc1ccc(NCC2CCCCC2)cn1. The van der Waals surface area contributed by atoms with Crippen molar-refractivity contribution < 1.29 is 0 Å². The smallest absolute Gasteiger partial charge is 0.0527 e. The Balaban J connectivity index is 1.79. The number of hydrogen-bond donors (Lipinski definition) is 1. The fourth-order valence-corrected chi connectivity index (χ4v) is 2.23. The fraction of sp³-hybridized carbons (Fsp3) is 0.615. The third-order valence-electron chi connectivity index (χ3n) is 3.23. The topological polar surface area (TPSA) is 24.9 Å². The molecule has 2 nitrogen and oxygen atoms in total. The van der Waals surface area contributed by atoms with Gasteiger partial charge in [0.05, 0.1) is 11.9 Å². The first-order valence-electron chi connectivity index (χ1n) is 6.01. The van der Waals surface area contributed by atoms with Crippen LogP contribution in [0.2, 0.25) is 0 Å². The predicted octanol–water partition coefficient (Wildman–Crippen LogP) is 3.38. The third kappa shape index (κ3) is 3.22. The molecule has 1 fully saturated rings. The maximum atomic E-state index is 4.28. The molecule has 2 heteroatoms. The minimum Gasteiger partial charge on any atom is -0.384 e. The van der Waals surface area contributed by atoms with Crippen molar-refractivity contribution in [2.75, 3.05) is 11.9 Å². The van der Waals surface area contributed by atoms with Gasteiger partial charge in [-0.05, 0) is 37.8 Å². The van der Waals surface area contributed by atoms with Crippen LogP contribution in [0.5, 0.6) is 0 Å². The lowest BCUT2D eigenvalue weighted by atomic mass is 9.89. The monoisotopic (exact) mass is 204 g/mol. The van der Waals surface area contributed by atoms with Gasteiger partial charge in [-0.15, -0.1) is 0 Å². The molecule has 0 unspecified atom stereocenters. The highest BCUT2D eigenvalue weighted by molar-refractivity contribution is 5.40. The van der Waals surface area contributed by atoms with E-state index in [0.717, 1.165) is 23.8 Å². The van der Waals surface area contributed by atoms with Gasteiger partial charge < -0.3 is 5.32 Å². The van der Waals surface area contributed by atoms with E-state index in [1.807, 2.05) is 13.1 Å². The molecule has 1 aliphatic rings. The molecule has 0 aromatic carbocycles. The highest BCUT2D eigenvalue weighted by Crippen LogP contribution is 2.23. The molecule has 1 heterocycles. The summed E-state index contributed by atoms with van der Waals surface area (Å²) in [7, 11) is 0. The molecule has 1 aromatic rings. The molecule has 0 aliphatic heterocycles. The van der Waals surface area contributed by atoms with Crippen LogP contribution in [0.3, 0.4) is 0 Å². The maximum absolute atomic E-state index is 4.28. The van der Waals surface area contributed by atoms with E-state index in [1.165, 1.54) is 32.1 Å². The van der Waals surface area contributed by atoms with Gasteiger partial charge in [0.1, 0.15) is 0 Å². The number of rotatable bonds is 3. The Kier molecular flexibility index (Phi) is 3.59. The number of pyridine rings is 1. The summed E-state index contributed by atoms with van der Waals surface area (Å²) in [6.45, 7) is 3.13. The number of aryl methyl sites for hydroxylation is 1. The second-order valence-electron chi connectivity index (χ2n) is 4.57. The average Bonchev–Trinajstić information content (AvgIpc) is 2.30. The van der Waals surface area contributed by atoms with Gasteiger partial charge in [-0.3, -0.25) is 4.98 Å². The zero-order chi connectivity index (χ0) is 10.5. The highest BCUT2D eigenvalue weighted by atomic mass is 14.9. The molecule has 0 spiro atoms. The Morgan fingerprint density at radius 2 is 2.07 bits per heavy atom. The third-order valence-corrected chi connectivity index (χ3v) is 3.23. The van der Waals surface area contributed by atoms with E-state index in [4.69, 9.17) is 0 Å². The van der Waals surface area contributed by atoms with E-state index in [2.05, 4.69) is 22.4 Å². The van der Waals surface area contributed by atoms with Crippen molar-refractivity contribution in [2.24, 2.45) is 5.92 Å². The van der Waals surface area contributed by atoms with E-state index >= 15 is 0 Å². The largest absolute Gasteiger partial charge is 0.384 e. The average molecular weight is 204 g/mol. The van der Waals surface area contributed by atoms with Crippen LogP contribution in [0.25, 0.3) is 0 Å². The van der Waals surface area contributed by atoms with Crippen LogP contribution in [-0.2, 0) is 0 Å². The minimum absolute atomic E-state index is 0.875. The van der Waals surface area contributed by atoms with Crippen LogP contribution in [0.15, 0.2) is 18.3 Å². The normalized spacial score (nSPS) is 17.7. The number of aromatic nitrogens is 1. The van der Waals surface area contributed by atoms with E-state index in [0.29, 0.717) is 0 Å². The molecule has 0 bridgehead atoms. The van der Waals surface area contributed by atoms with Crippen molar-refractivity contribution >= 4 is 5.69 Å². The fourth-order valence-electron chi connectivity index (χ4n) is 2.23. The first-order chi connectivity index (χ1) is 7.34. The van der Waals surface area contributed by atoms with Gasteiger partial charge in [-0.25, -0.2) is 0 Å². The number of nitrogens with zero attached hydrogens (tertiary/aromatic N) is 1. The summed E-state index contributed by atoms with van der Waals surface area (Å²) in [6, 6.07) is 4.17. The molecule has 2 rings (SSSR count). The molecule has 0 radical (unpaired) electrons. The van der Waals surface area contributed by atoms with E-state index in [1.54, 1.807) is 0 Å². The van der Waals surface area contributed by atoms with Gasteiger partial charge >= 0.3 is 0 Å².